The van der Waals surface area contributed by atoms with Crippen molar-refractivity contribution in [1.82, 2.24) is 4.57 Å². The number of benzene rings is 3. The first kappa shape index (κ1) is 27.6. The number of carbonyl (C=O) groups excluding carboxylic acids is 1. The van der Waals surface area contributed by atoms with Gasteiger partial charge in [0.2, 0.25) is 0 Å². The Morgan fingerprint density at radius 2 is 1.76 bits per heavy atom. The van der Waals surface area contributed by atoms with Crippen LogP contribution in [-0.2, 0) is 16.1 Å². The van der Waals surface area contributed by atoms with Crippen molar-refractivity contribution in [2.24, 2.45) is 4.99 Å². The molecule has 0 spiro atoms. The van der Waals surface area contributed by atoms with Gasteiger partial charge in [-0.3, -0.25) is 9.36 Å². The van der Waals surface area contributed by atoms with E-state index in [0.717, 1.165) is 21.6 Å². The predicted molar refractivity (Wildman–Crippen MR) is 163 cm³/mol. The highest BCUT2D eigenvalue weighted by Gasteiger charge is 2.35. The Kier molecular flexibility index (Phi) is 7.94. The number of thiophene rings is 1. The Hall–Kier alpha value is -4.60. The molecule has 0 saturated carbocycles. The van der Waals surface area contributed by atoms with Gasteiger partial charge in [0.25, 0.3) is 5.56 Å². The molecular formula is C33H25FN2O4S2. The monoisotopic (exact) mass is 596 g/mol. The molecule has 5 aromatic rings. The van der Waals surface area contributed by atoms with Crippen molar-refractivity contribution in [3.05, 3.63) is 149 Å². The first-order chi connectivity index (χ1) is 20.5. The second-order valence-corrected chi connectivity index (χ2v) is 11.4. The van der Waals surface area contributed by atoms with Gasteiger partial charge in [-0.15, -0.1) is 11.3 Å². The topological polar surface area (TPSA) is 69.9 Å². The number of halogens is 1. The summed E-state index contributed by atoms with van der Waals surface area (Å²) in [5.74, 6) is -0.130. The first-order valence-corrected chi connectivity index (χ1v) is 15.0. The minimum Gasteiger partial charge on any atom is -0.489 e. The Bertz CT molecular complexity index is 1930. The molecule has 210 valence electrons. The van der Waals surface area contributed by atoms with Gasteiger partial charge in [-0.2, -0.15) is 0 Å². The molecule has 1 aliphatic rings. The van der Waals surface area contributed by atoms with Gasteiger partial charge in [-0.05, 0) is 59.8 Å². The molecule has 42 heavy (non-hydrogen) atoms. The van der Waals surface area contributed by atoms with Crippen molar-refractivity contribution >= 4 is 40.4 Å². The highest BCUT2D eigenvalue weighted by molar-refractivity contribution is 7.10. The number of thiazole rings is 1. The summed E-state index contributed by atoms with van der Waals surface area (Å²) in [6, 6.07) is 26.2. The maximum Gasteiger partial charge on any atom is 0.338 e. The lowest BCUT2D eigenvalue weighted by Gasteiger charge is -2.24. The van der Waals surface area contributed by atoms with E-state index in [1.807, 2.05) is 78.2 Å². The molecule has 0 fully saturated rings. The molecule has 1 atom stereocenters. The Morgan fingerprint density at radius 3 is 2.45 bits per heavy atom. The van der Waals surface area contributed by atoms with Gasteiger partial charge in [-0.25, -0.2) is 14.2 Å². The predicted octanol–water partition coefficient (Wildman–Crippen LogP) is 5.72. The lowest BCUT2D eigenvalue weighted by Crippen LogP contribution is -2.39. The molecule has 2 aromatic heterocycles. The van der Waals surface area contributed by atoms with Gasteiger partial charge in [-0.1, -0.05) is 72.0 Å². The highest BCUT2D eigenvalue weighted by Crippen LogP contribution is 2.36. The summed E-state index contributed by atoms with van der Waals surface area (Å²) >= 11 is 2.76. The van der Waals surface area contributed by atoms with Crippen molar-refractivity contribution in [2.45, 2.75) is 19.6 Å². The summed E-state index contributed by atoms with van der Waals surface area (Å²) in [5, 5.41) is 1.93. The number of aromatic nitrogens is 1. The van der Waals surface area contributed by atoms with Gasteiger partial charge in [0.1, 0.15) is 24.2 Å². The molecule has 0 bridgehead atoms. The van der Waals surface area contributed by atoms with Crippen LogP contribution in [0.1, 0.15) is 34.5 Å². The van der Waals surface area contributed by atoms with Crippen LogP contribution in [0.25, 0.3) is 11.8 Å². The molecule has 0 amide bonds. The molecule has 0 N–H and O–H groups in total. The van der Waals surface area contributed by atoms with Gasteiger partial charge in [0, 0.05) is 10.4 Å². The number of fused-ring (bicyclic) bond motifs is 1. The maximum atomic E-state index is 13.9. The Balaban J connectivity index is 1.40. The molecule has 9 heteroatoms. The molecule has 3 aromatic carbocycles. The van der Waals surface area contributed by atoms with Crippen LogP contribution in [0.4, 0.5) is 4.39 Å². The molecule has 0 unspecified atom stereocenters. The fourth-order valence-electron chi connectivity index (χ4n) is 4.72. The van der Waals surface area contributed by atoms with Crippen LogP contribution in [0.3, 0.4) is 0 Å². The fourth-order valence-corrected chi connectivity index (χ4v) is 6.54. The zero-order chi connectivity index (χ0) is 29.1. The van der Waals surface area contributed by atoms with Crippen molar-refractivity contribution in [1.29, 1.82) is 0 Å². The second kappa shape index (κ2) is 12.1. The standard InChI is InChI=1S/C33H25FN2O4S2/c1-2-39-32(38)28-29(23-7-4-3-5-8-23)35-33-36(30(28)26-9-6-18-41-26)31(37)27(42-33)19-21-12-16-25(17-13-21)40-20-22-10-14-24(34)15-11-22/h3-19,30H,2,20H2,1H3/b27-19-/t30-/m0/s1. The summed E-state index contributed by atoms with van der Waals surface area (Å²) in [4.78, 5) is 33.5. The number of nitrogens with zero attached hydrogens (tertiary/aromatic N) is 2. The van der Waals surface area contributed by atoms with E-state index in [4.69, 9.17) is 14.5 Å². The number of rotatable bonds is 8. The summed E-state index contributed by atoms with van der Waals surface area (Å²) < 4.78 is 26.6. The summed E-state index contributed by atoms with van der Waals surface area (Å²) in [7, 11) is 0. The normalized spacial score (nSPS) is 14.8. The minimum absolute atomic E-state index is 0.204. The van der Waals surface area contributed by atoms with E-state index in [2.05, 4.69) is 0 Å². The molecule has 0 aliphatic carbocycles. The highest BCUT2D eigenvalue weighted by atomic mass is 32.1. The lowest BCUT2D eigenvalue weighted by molar-refractivity contribution is -0.138. The Labute approximate surface area is 249 Å². The van der Waals surface area contributed by atoms with Crippen LogP contribution in [0, 0.1) is 5.82 Å². The Morgan fingerprint density at radius 1 is 1.00 bits per heavy atom. The van der Waals surface area contributed by atoms with E-state index in [-0.39, 0.29) is 18.0 Å². The zero-order valence-electron chi connectivity index (χ0n) is 22.5. The van der Waals surface area contributed by atoms with Crippen LogP contribution in [0.2, 0.25) is 0 Å². The quantitative estimate of drug-likeness (QED) is 0.215. The van der Waals surface area contributed by atoms with E-state index in [1.54, 1.807) is 23.6 Å². The number of carbonyl (C=O) groups is 1. The van der Waals surface area contributed by atoms with Gasteiger partial charge >= 0.3 is 5.97 Å². The molecule has 0 saturated heterocycles. The van der Waals surface area contributed by atoms with E-state index < -0.39 is 12.0 Å². The summed E-state index contributed by atoms with van der Waals surface area (Å²) in [6.07, 6.45) is 1.81. The van der Waals surface area contributed by atoms with Gasteiger partial charge in [0.05, 0.1) is 22.4 Å². The average Bonchev–Trinajstić information content (AvgIpc) is 3.66. The van der Waals surface area contributed by atoms with Crippen molar-refractivity contribution < 1.29 is 18.7 Å². The largest absolute Gasteiger partial charge is 0.489 e. The number of esters is 1. The number of hydrogen-bond donors (Lipinski definition) is 0. The fraction of sp³-hybridized carbons (Fsp3) is 0.121. The molecule has 3 heterocycles. The third-order valence-electron chi connectivity index (χ3n) is 6.68. The van der Waals surface area contributed by atoms with Gasteiger partial charge in [0.15, 0.2) is 4.80 Å². The third-order valence-corrected chi connectivity index (χ3v) is 8.59. The van der Waals surface area contributed by atoms with Crippen LogP contribution in [-0.4, -0.2) is 17.1 Å². The molecule has 6 rings (SSSR count). The van der Waals surface area contributed by atoms with Crippen LogP contribution in [0.15, 0.2) is 112 Å². The van der Waals surface area contributed by atoms with E-state index >= 15 is 0 Å². The SMILES string of the molecule is CCOC(=O)C1=C(c2ccccc2)N=c2s/c(=C\c3ccc(OCc4ccc(F)cc4)cc3)c(=O)n2[C@H]1c1cccs1. The number of ether oxygens (including phenoxy) is 2. The van der Waals surface area contributed by atoms with Crippen LogP contribution in [0.5, 0.6) is 5.75 Å². The molecular weight excluding hydrogens is 572 g/mol. The maximum absolute atomic E-state index is 13.9. The summed E-state index contributed by atoms with van der Waals surface area (Å²) in [6.45, 7) is 2.28. The number of hydrogen-bond acceptors (Lipinski definition) is 7. The molecule has 6 nitrogen and oxygen atoms in total. The van der Waals surface area contributed by atoms with Crippen molar-refractivity contribution in [2.75, 3.05) is 6.61 Å². The van der Waals surface area contributed by atoms with Crippen molar-refractivity contribution in [3.8, 4) is 5.75 Å². The van der Waals surface area contributed by atoms with E-state index in [0.29, 0.717) is 33.0 Å². The third kappa shape index (κ3) is 5.61. The van der Waals surface area contributed by atoms with Gasteiger partial charge < -0.3 is 9.47 Å². The molecule has 1 aliphatic heterocycles. The second-order valence-electron chi connectivity index (χ2n) is 9.43. The zero-order valence-corrected chi connectivity index (χ0v) is 24.2. The van der Waals surface area contributed by atoms with Crippen LogP contribution < -0.4 is 19.6 Å². The minimum atomic E-state index is -0.667. The van der Waals surface area contributed by atoms with E-state index in [1.165, 1.54) is 34.8 Å². The van der Waals surface area contributed by atoms with Crippen LogP contribution >= 0.6 is 22.7 Å². The summed E-state index contributed by atoms with van der Waals surface area (Å²) in [5.41, 5.74) is 3.06. The average molecular weight is 597 g/mol. The first-order valence-electron chi connectivity index (χ1n) is 13.3. The smallest absolute Gasteiger partial charge is 0.338 e. The lowest BCUT2D eigenvalue weighted by atomic mass is 9.97. The van der Waals surface area contributed by atoms with Crippen molar-refractivity contribution in [3.63, 3.8) is 0 Å². The molecule has 0 radical (unpaired) electrons. The van der Waals surface area contributed by atoms with E-state index in [9.17, 15) is 14.0 Å².